The summed E-state index contributed by atoms with van der Waals surface area (Å²) in [4.78, 5) is 6.80. The molecule has 0 bridgehead atoms. The topological polar surface area (TPSA) is 33.1 Å². The first-order valence-corrected chi connectivity index (χ1v) is 5.76. The first-order chi connectivity index (χ1) is 7.31. The molecular formula is C11H20N4. The zero-order valence-electron chi connectivity index (χ0n) is 9.61. The van der Waals surface area contributed by atoms with Crippen LogP contribution in [0.2, 0.25) is 0 Å². The molecule has 1 aliphatic rings. The molecule has 1 fully saturated rings. The zero-order valence-corrected chi connectivity index (χ0v) is 9.61. The van der Waals surface area contributed by atoms with Gasteiger partial charge in [0.05, 0.1) is 0 Å². The smallest absolute Gasteiger partial charge is 0.202 e. The van der Waals surface area contributed by atoms with Crippen molar-refractivity contribution in [2.45, 2.75) is 25.8 Å². The quantitative estimate of drug-likeness (QED) is 0.810. The van der Waals surface area contributed by atoms with Crippen LogP contribution in [0.1, 0.15) is 19.8 Å². The molecule has 0 amide bonds. The van der Waals surface area contributed by atoms with Crippen molar-refractivity contribution in [3.05, 3.63) is 12.4 Å². The summed E-state index contributed by atoms with van der Waals surface area (Å²) in [5, 5.41) is 3.41. The summed E-state index contributed by atoms with van der Waals surface area (Å²) < 4.78 is 2.02. The Morgan fingerprint density at radius 1 is 1.60 bits per heavy atom. The van der Waals surface area contributed by atoms with Crippen LogP contribution in [0.25, 0.3) is 0 Å². The number of hydrogen-bond donors (Lipinski definition) is 1. The van der Waals surface area contributed by atoms with Gasteiger partial charge in [-0.3, -0.25) is 4.90 Å². The third kappa shape index (κ3) is 2.31. The summed E-state index contributed by atoms with van der Waals surface area (Å²) in [5.74, 6) is 0.970. The SMILES string of the molecule is CCN1CCCC1CNc1nccn1C. The van der Waals surface area contributed by atoms with Gasteiger partial charge in [0.1, 0.15) is 0 Å². The number of rotatable bonds is 4. The minimum absolute atomic E-state index is 0.687. The van der Waals surface area contributed by atoms with Crippen LogP contribution in [-0.2, 0) is 7.05 Å². The second-order valence-corrected chi connectivity index (χ2v) is 4.17. The minimum atomic E-state index is 0.687. The third-order valence-electron chi connectivity index (χ3n) is 3.22. The lowest BCUT2D eigenvalue weighted by Crippen LogP contribution is -2.35. The predicted octanol–water partition coefficient (Wildman–Crippen LogP) is 1.32. The molecule has 84 valence electrons. The molecule has 4 heteroatoms. The van der Waals surface area contributed by atoms with Crippen LogP contribution in [0.4, 0.5) is 5.95 Å². The number of anilines is 1. The standard InChI is InChI=1S/C11H20N4/c1-3-15-7-4-5-10(15)9-13-11-12-6-8-14(11)2/h6,8,10H,3-5,7,9H2,1-2H3,(H,12,13). The van der Waals surface area contributed by atoms with Crippen molar-refractivity contribution in [3.8, 4) is 0 Å². The van der Waals surface area contributed by atoms with Gasteiger partial charge in [-0.2, -0.15) is 0 Å². The second kappa shape index (κ2) is 4.66. The van der Waals surface area contributed by atoms with Crippen LogP contribution in [0.15, 0.2) is 12.4 Å². The van der Waals surface area contributed by atoms with Crippen LogP contribution >= 0.6 is 0 Å². The molecule has 0 spiro atoms. The van der Waals surface area contributed by atoms with E-state index in [2.05, 4.69) is 22.1 Å². The van der Waals surface area contributed by atoms with Crippen molar-refractivity contribution in [1.82, 2.24) is 14.5 Å². The van der Waals surface area contributed by atoms with Crippen molar-refractivity contribution in [1.29, 1.82) is 0 Å². The van der Waals surface area contributed by atoms with Crippen LogP contribution in [-0.4, -0.2) is 40.1 Å². The van der Waals surface area contributed by atoms with Crippen molar-refractivity contribution in [2.24, 2.45) is 7.05 Å². The summed E-state index contributed by atoms with van der Waals surface area (Å²) in [5.41, 5.74) is 0. The summed E-state index contributed by atoms with van der Waals surface area (Å²) >= 11 is 0. The summed E-state index contributed by atoms with van der Waals surface area (Å²) in [6, 6.07) is 0.687. The van der Waals surface area contributed by atoms with Gasteiger partial charge in [0.2, 0.25) is 5.95 Å². The van der Waals surface area contributed by atoms with E-state index in [0.29, 0.717) is 6.04 Å². The highest BCUT2D eigenvalue weighted by molar-refractivity contribution is 5.25. The predicted molar refractivity (Wildman–Crippen MR) is 62.0 cm³/mol. The fourth-order valence-electron chi connectivity index (χ4n) is 2.29. The molecule has 1 unspecified atom stereocenters. The molecule has 0 aromatic carbocycles. The highest BCUT2D eigenvalue weighted by Gasteiger charge is 2.22. The van der Waals surface area contributed by atoms with Gasteiger partial charge in [0.25, 0.3) is 0 Å². The fourth-order valence-corrected chi connectivity index (χ4v) is 2.29. The highest BCUT2D eigenvalue weighted by Crippen LogP contribution is 2.16. The maximum Gasteiger partial charge on any atom is 0.202 e. The van der Waals surface area contributed by atoms with Crippen molar-refractivity contribution >= 4 is 5.95 Å². The molecule has 2 heterocycles. The molecule has 1 saturated heterocycles. The first kappa shape index (κ1) is 10.5. The third-order valence-corrected chi connectivity index (χ3v) is 3.22. The van der Waals surface area contributed by atoms with E-state index in [4.69, 9.17) is 0 Å². The monoisotopic (exact) mass is 208 g/mol. The largest absolute Gasteiger partial charge is 0.354 e. The lowest BCUT2D eigenvalue weighted by atomic mass is 10.2. The van der Waals surface area contributed by atoms with E-state index in [1.165, 1.54) is 19.4 Å². The van der Waals surface area contributed by atoms with E-state index in [1.54, 1.807) is 0 Å². The number of likely N-dealkylation sites (N-methyl/N-ethyl adjacent to an activating group) is 1. The van der Waals surface area contributed by atoms with Gasteiger partial charge >= 0.3 is 0 Å². The number of aromatic nitrogens is 2. The van der Waals surface area contributed by atoms with Crippen molar-refractivity contribution < 1.29 is 0 Å². The lowest BCUT2D eigenvalue weighted by molar-refractivity contribution is 0.276. The Kier molecular flexibility index (Phi) is 3.26. The molecule has 0 aliphatic carbocycles. The number of nitrogens with one attached hydrogen (secondary N) is 1. The minimum Gasteiger partial charge on any atom is -0.354 e. The van der Waals surface area contributed by atoms with Crippen LogP contribution in [0.5, 0.6) is 0 Å². The number of nitrogens with zero attached hydrogens (tertiary/aromatic N) is 3. The molecule has 0 radical (unpaired) electrons. The number of hydrogen-bond acceptors (Lipinski definition) is 3. The van der Waals surface area contributed by atoms with Gasteiger partial charge in [-0.05, 0) is 25.9 Å². The Morgan fingerprint density at radius 3 is 3.13 bits per heavy atom. The average molecular weight is 208 g/mol. The number of imidazole rings is 1. The summed E-state index contributed by atoms with van der Waals surface area (Å²) in [6.07, 6.45) is 6.44. The Morgan fingerprint density at radius 2 is 2.47 bits per heavy atom. The van der Waals surface area contributed by atoms with Gasteiger partial charge < -0.3 is 9.88 Å². The average Bonchev–Trinajstić information content (AvgIpc) is 2.83. The van der Waals surface area contributed by atoms with E-state index in [0.717, 1.165) is 19.0 Å². The van der Waals surface area contributed by atoms with Gasteiger partial charge in [-0.1, -0.05) is 6.92 Å². The van der Waals surface area contributed by atoms with E-state index >= 15 is 0 Å². The van der Waals surface area contributed by atoms with Crippen molar-refractivity contribution in [2.75, 3.05) is 25.0 Å². The molecule has 2 rings (SSSR count). The van der Waals surface area contributed by atoms with E-state index in [9.17, 15) is 0 Å². The Balaban J connectivity index is 1.85. The van der Waals surface area contributed by atoms with Crippen LogP contribution in [0.3, 0.4) is 0 Å². The van der Waals surface area contributed by atoms with Gasteiger partial charge in [-0.25, -0.2) is 4.98 Å². The van der Waals surface area contributed by atoms with Crippen molar-refractivity contribution in [3.63, 3.8) is 0 Å². The molecule has 15 heavy (non-hydrogen) atoms. The lowest BCUT2D eigenvalue weighted by Gasteiger charge is -2.23. The Bertz CT molecular complexity index is 307. The van der Waals surface area contributed by atoms with Gasteiger partial charge in [0.15, 0.2) is 0 Å². The number of likely N-dealkylation sites (tertiary alicyclic amines) is 1. The Labute approximate surface area is 91.3 Å². The van der Waals surface area contributed by atoms with E-state index < -0.39 is 0 Å². The molecule has 4 nitrogen and oxygen atoms in total. The van der Waals surface area contributed by atoms with Crippen LogP contribution in [0, 0.1) is 0 Å². The summed E-state index contributed by atoms with van der Waals surface area (Å²) in [6.45, 7) is 5.66. The molecule has 1 atom stereocenters. The Hall–Kier alpha value is -1.03. The van der Waals surface area contributed by atoms with Gasteiger partial charge in [-0.15, -0.1) is 0 Å². The van der Waals surface area contributed by atoms with Crippen LogP contribution < -0.4 is 5.32 Å². The maximum absolute atomic E-state index is 4.26. The zero-order chi connectivity index (χ0) is 10.7. The van der Waals surface area contributed by atoms with Gasteiger partial charge in [0, 0.05) is 32.0 Å². The first-order valence-electron chi connectivity index (χ1n) is 5.76. The normalized spacial score (nSPS) is 22.1. The summed E-state index contributed by atoms with van der Waals surface area (Å²) in [7, 11) is 2.02. The molecule has 1 aliphatic heterocycles. The fraction of sp³-hybridized carbons (Fsp3) is 0.727. The molecule has 1 N–H and O–H groups in total. The highest BCUT2D eigenvalue weighted by atomic mass is 15.2. The number of aryl methyl sites for hydroxylation is 1. The molecule has 0 saturated carbocycles. The van der Waals surface area contributed by atoms with E-state index in [-0.39, 0.29) is 0 Å². The molecular weight excluding hydrogens is 188 g/mol. The van der Waals surface area contributed by atoms with E-state index in [1.807, 2.05) is 24.0 Å². The second-order valence-electron chi connectivity index (χ2n) is 4.17. The molecule has 1 aromatic rings. The maximum atomic E-state index is 4.26. The molecule has 1 aromatic heterocycles.